The first-order chi connectivity index (χ1) is 16.6. The van der Waals surface area contributed by atoms with E-state index in [1.807, 2.05) is 67.6 Å². The predicted octanol–water partition coefficient (Wildman–Crippen LogP) is 5.35. The van der Waals surface area contributed by atoms with Crippen LogP contribution in [0.1, 0.15) is 48.9 Å². The smallest absolute Gasteiger partial charge is 0.243 e. The minimum Gasteiger partial charge on any atom is -0.354 e. The fourth-order valence-corrected chi connectivity index (χ4v) is 4.04. The third-order valence-electron chi connectivity index (χ3n) is 6.07. The Bertz CT molecular complexity index is 1020. The Labute approximate surface area is 204 Å². The second-order valence-electron chi connectivity index (χ2n) is 8.67. The summed E-state index contributed by atoms with van der Waals surface area (Å²) in [4.78, 5) is 28.7. The van der Waals surface area contributed by atoms with Crippen molar-refractivity contribution in [3.63, 3.8) is 0 Å². The van der Waals surface area contributed by atoms with E-state index in [4.69, 9.17) is 0 Å². The first-order valence-corrected chi connectivity index (χ1v) is 12.3. The van der Waals surface area contributed by atoms with Crippen molar-refractivity contribution in [3.05, 3.63) is 107 Å². The Morgan fingerprint density at radius 1 is 0.765 bits per heavy atom. The Kier molecular flexibility index (Phi) is 9.90. The van der Waals surface area contributed by atoms with Crippen LogP contribution in [0.2, 0.25) is 0 Å². The summed E-state index contributed by atoms with van der Waals surface area (Å²) in [5.41, 5.74) is 4.49. The van der Waals surface area contributed by atoms with E-state index in [0.29, 0.717) is 32.4 Å². The number of amides is 2. The van der Waals surface area contributed by atoms with Crippen molar-refractivity contribution >= 4 is 11.8 Å². The molecule has 1 atom stereocenters. The standard InChI is InChI=1S/C30H36N2O2/c1-3-21-31-30(34)28(22-26-11-7-5-8-12-26)32(23-27-13-9-6-10-14-27)29(33)20-19-25-17-15-24(4-2)16-18-25/h5-18,28H,3-4,19-23H2,1-2H3,(H,31,34)/t28-/m1/s1. The van der Waals surface area contributed by atoms with Gasteiger partial charge in [-0.3, -0.25) is 9.59 Å². The van der Waals surface area contributed by atoms with Gasteiger partial charge in [-0.25, -0.2) is 0 Å². The van der Waals surface area contributed by atoms with Crippen molar-refractivity contribution in [2.45, 2.75) is 58.5 Å². The summed E-state index contributed by atoms with van der Waals surface area (Å²) in [7, 11) is 0. The van der Waals surface area contributed by atoms with Gasteiger partial charge < -0.3 is 10.2 Å². The SMILES string of the molecule is CCCNC(=O)[C@@H](Cc1ccccc1)N(Cc1ccccc1)C(=O)CCc1ccc(CC)cc1. The second kappa shape index (κ2) is 13.3. The Morgan fingerprint density at radius 2 is 1.35 bits per heavy atom. The zero-order chi connectivity index (χ0) is 24.2. The van der Waals surface area contributed by atoms with Gasteiger partial charge in [-0.05, 0) is 41.5 Å². The largest absolute Gasteiger partial charge is 0.354 e. The second-order valence-corrected chi connectivity index (χ2v) is 8.67. The molecule has 0 bridgehead atoms. The molecule has 34 heavy (non-hydrogen) atoms. The molecule has 0 aliphatic heterocycles. The lowest BCUT2D eigenvalue weighted by molar-refractivity contribution is -0.141. The number of carbonyl (C=O) groups is 2. The number of carbonyl (C=O) groups excluding carboxylic acids is 2. The van der Waals surface area contributed by atoms with Gasteiger partial charge in [0.2, 0.25) is 11.8 Å². The van der Waals surface area contributed by atoms with Crippen molar-refractivity contribution in [2.24, 2.45) is 0 Å². The zero-order valence-corrected chi connectivity index (χ0v) is 20.4. The summed E-state index contributed by atoms with van der Waals surface area (Å²) in [5.74, 6) is -0.0988. The molecule has 0 heterocycles. The van der Waals surface area contributed by atoms with E-state index in [0.717, 1.165) is 29.5 Å². The molecule has 0 aromatic heterocycles. The van der Waals surface area contributed by atoms with Crippen LogP contribution in [0.4, 0.5) is 0 Å². The normalized spacial score (nSPS) is 11.6. The van der Waals surface area contributed by atoms with Gasteiger partial charge in [0, 0.05) is 25.9 Å². The lowest BCUT2D eigenvalue weighted by atomic mass is 10.0. The highest BCUT2D eigenvalue weighted by Gasteiger charge is 2.30. The van der Waals surface area contributed by atoms with Gasteiger partial charge in [0.25, 0.3) is 0 Å². The number of hydrogen-bond acceptors (Lipinski definition) is 2. The molecule has 0 unspecified atom stereocenters. The van der Waals surface area contributed by atoms with Crippen molar-refractivity contribution in [1.29, 1.82) is 0 Å². The zero-order valence-electron chi connectivity index (χ0n) is 20.4. The molecule has 3 aromatic rings. The highest BCUT2D eigenvalue weighted by atomic mass is 16.2. The molecule has 1 N–H and O–H groups in total. The van der Waals surface area contributed by atoms with Crippen molar-refractivity contribution in [1.82, 2.24) is 10.2 Å². The highest BCUT2D eigenvalue weighted by molar-refractivity contribution is 5.88. The first-order valence-electron chi connectivity index (χ1n) is 12.3. The number of nitrogens with one attached hydrogen (secondary N) is 1. The molecule has 178 valence electrons. The Hall–Kier alpha value is -3.40. The molecular weight excluding hydrogens is 420 g/mol. The van der Waals surface area contributed by atoms with Gasteiger partial charge in [0.15, 0.2) is 0 Å². The van der Waals surface area contributed by atoms with E-state index in [-0.39, 0.29) is 11.8 Å². The number of aryl methyl sites for hydroxylation is 2. The van der Waals surface area contributed by atoms with E-state index in [1.165, 1.54) is 5.56 Å². The van der Waals surface area contributed by atoms with Gasteiger partial charge >= 0.3 is 0 Å². The van der Waals surface area contributed by atoms with Crippen LogP contribution in [0.15, 0.2) is 84.9 Å². The van der Waals surface area contributed by atoms with E-state index in [2.05, 4.69) is 36.5 Å². The van der Waals surface area contributed by atoms with Crippen molar-refractivity contribution in [2.75, 3.05) is 6.54 Å². The molecule has 0 aliphatic rings. The minimum atomic E-state index is -0.566. The van der Waals surface area contributed by atoms with Crippen LogP contribution in [-0.4, -0.2) is 29.3 Å². The van der Waals surface area contributed by atoms with E-state index >= 15 is 0 Å². The predicted molar refractivity (Wildman–Crippen MR) is 138 cm³/mol. The molecule has 0 saturated heterocycles. The van der Waals surface area contributed by atoms with Gasteiger partial charge in [-0.1, -0.05) is 98.8 Å². The summed E-state index contributed by atoms with van der Waals surface area (Å²) in [5, 5.41) is 3.03. The van der Waals surface area contributed by atoms with Gasteiger partial charge in [0.05, 0.1) is 0 Å². The molecule has 0 spiro atoms. The maximum absolute atomic E-state index is 13.6. The molecule has 0 fully saturated rings. The van der Waals surface area contributed by atoms with Crippen LogP contribution < -0.4 is 5.32 Å². The molecule has 2 amide bonds. The molecule has 3 aromatic carbocycles. The van der Waals surface area contributed by atoms with Crippen LogP contribution in [-0.2, 0) is 35.4 Å². The summed E-state index contributed by atoms with van der Waals surface area (Å²) in [6.07, 6.45) is 3.36. The van der Waals surface area contributed by atoms with Crippen LogP contribution >= 0.6 is 0 Å². The third-order valence-corrected chi connectivity index (χ3v) is 6.07. The Balaban J connectivity index is 1.84. The average Bonchev–Trinajstić information content (AvgIpc) is 2.89. The fourth-order valence-electron chi connectivity index (χ4n) is 4.04. The molecule has 3 rings (SSSR count). The summed E-state index contributed by atoms with van der Waals surface area (Å²) in [6.45, 7) is 5.17. The maximum Gasteiger partial charge on any atom is 0.243 e. The quantitative estimate of drug-likeness (QED) is 0.399. The van der Waals surface area contributed by atoms with E-state index < -0.39 is 6.04 Å². The lowest BCUT2D eigenvalue weighted by Crippen LogP contribution is -2.50. The summed E-state index contributed by atoms with van der Waals surface area (Å²) < 4.78 is 0. The third kappa shape index (κ3) is 7.58. The van der Waals surface area contributed by atoms with Gasteiger partial charge in [-0.2, -0.15) is 0 Å². The van der Waals surface area contributed by atoms with Crippen LogP contribution in [0.5, 0.6) is 0 Å². The Morgan fingerprint density at radius 3 is 1.94 bits per heavy atom. The maximum atomic E-state index is 13.6. The number of benzene rings is 3. The van der Waals surface area contributed by atoms with E-state index in [1.54, 1.807) is 4.90 Å². The molecule has 0 aliphatic carbocycles. The van der Waals surface area contributed by atoms with Crippen LogP contribution in [0.25, 0.3) is 0 Å². The molecule has 0 saturated carbocycles. The first kappa shape index (κ1) is 25.2. The molecule has 4 heteroatoms. The number of hydrogen-bond donors (Lipinski definition) is 1. The molecular formula is C30H36N2O2. The minimum absolute atomic E-state index is 0.00370. The van der Waals surface area contributed by atoms with Crippen molar-refractivity contribution < 1.29 is 9.59 Å². The molecule has 0 radical (unpaired) electrons. The van der Waals surface area contributed by atoms with Gasteiger partial charge in [-0.15, -0.1) is 0 Å². The van der Waals surface area contributed by atoms with Crippen LogP contribution in [0.3, 0.4) is 0 Å². The number of rotatable bonds is 12. The highest BCUT2D eigenvalue weighted by Crippen LogP contribution is 2.17. The van der Waals surface area contributed by atoms with E-state index in [9.17, 15) is 9.59 Å². The monoisotopic (exact) mass is 456 g/mol. The summed E-state index contributed by atoms with van der Waals surface area (Å²) >= 11 is 0. The van der Waals surface area contributed by atoms with Crippen LogP contribution in [0, 0.1) is 0 Å². The van der Waals surface area contributed by atoms with Gasteiger partial charge in [0.1, 0.15) is 6.04 Å². The topological polar surface area (TPSA) is 49.4 Å². The lowest BCUT2D eigenvalue weighted by Gasteiger charge is -2.31. The average molecular weight is 457 g/mol. The number of nitrogens with zero attached hydrogens (tertiary/aromatic N) is 1. The summed E-state index contributed by atoms with van der Waals surface area (Å²) in [6, 6.07) is 27.7. The fraction of sp³-hybridized carbons (Fsp3) is 0.333. The van der Waals surface area contributed by atoms with Crippen molar-refractivity contribution in [3.8, 4) is 0 Å². The molecule has 4 nitrogen and oxygen atoms in total.